The van der Waals surface area contributed by atoms with Gasteiger partial charge in [-0.15, -0.1) is 0 Å². The highest BCUT2D eigenvalue weighted by Gasteiger charge is 2.31. The minimum absolute atomic E-state index is 0.327. The Balaban J connectivity index is 1.91. The van der Waals surface area contributed by atoms with Gasteiger partial charge in [0, 0.05) is 6.04 Å². The van der Waals surface area contributed by atoms with Gasteiger partial charge in [0.1, 0.15) is 0 Å². The Morgan fingerprint density at radius 2 is 1.53 bits per heavy atom. The van der Waals surface area contributed by atoms with E-state index in [1.165, 1.54) is 32.1 Å². The van der Waals surface area contributed by atoms with Crippen LogP contribution in [0.5, 0.6) is 0 Å². The maximum atomic E-state index is 11.4. The quantitative estimate of drug-likeness (QED) is 0.685. The summed E-state index contributed by atoms with van der Waals surface area (Å²) in [6.07, 6.45) is 7.35. The first-order valence-corrected chi connectivity index (χ1v) is 7.94. The van der Waals surface area contributed by atoms with Crippen LogP contribution in [0.2, 0.25) is 0 Å². The zero-order valence-corrected chi connectivity index (χ0v) is 10.1. The number of hydrogen-bond donors (Lipinski definition) is 0. The SMILES string of the molecule is O=S1(=O)CC[C@@H](N2CCCCCCC2)C1. The molecule has 3 nitrogen and oxygen atoms in total. The number of likely N-dealkylation sites (tertiary alicyclic amines) is 1. The number of rotatable bonds is 1. The predicted molar refractivity (Wildman–Crippen MR) is 61.7 cm³/mol. The molecule has 0 amide bonds. The first kappa shape index (κ1) is 11.4. The van der Waals surface area contributed by atoms with Crippen molar-refractivity contribution in [1.29, 1.82) is 0 Å². The average molecular weight is 231 g/mol. The predicted octanol–water partition coefficient (Wildman–Crippen LogP) is 1.44. The third kappa shape index (κ3) is 3.18. The Morgan fingerprint density at radius 1 is 0.933 bits per heavy atom. The van der Waals surface area contributed by atoms with E-state index in [4.69, 9.17) is 0 Å². The lowest BCUT2D eigenvalue weighted by Gasteiger charge is -2.29. The Kier molecular flexibility index (Phi) is 3.67. The summed E-state index contributed by atoms with van der Waals surface area (Å²) in [6, 6.07) is 0.327. The second-order valence-electron chi connectivity index (χ2n) is 4.86. The topological polar surface area (TPSA) is 37.4 Å². The Bertz CT molecular complexity index is 292. The molecule has 0 aromatic rings. The number of nitrogens with zero attached hydrogens (tertiary/aromatic N) is 1. The second kappa shape index (κ2) is 4.83. The fourth-order valence-corrected chi connectivity index (χ4v) is 4.46. The van der Waals surface area contributed by atoms with E-state index >= 15 is 0 Å². The van der Waals surface area contributed by atoms with Crippen LogP contribution in [0.25, 0.3) is 0 Å². The van der Waals surface area contributed by atoms with E-state index in [2.05, 4.69) is 4.90 Å². The molecule has 2 rings (SSSR count). The van der Waals surface area contributed by atoms with Crippen LogP contribution in [0.3, 0.4) is 0 Å². The standard InChI is InChI=1S/C11H21NO2S/c13-15(14)9-6-11(10-15)12-7-4-2-1-3-5-8-12/h11H,1-10H2/t11-/m1/s1. The molecule has 0 unspecified atom stereocenters. The molecule has 2 saturated heterocycles. The molecule has 0 aliphatic carbocycles. The van der Waals surface area contributed by atoms with Gasteiger partial charge in [-0.1, -0.05) is 19.3 Å². The van der Waals surface area contributed by atoms with Gasteiger partial charge in [0.2, 0.25) is 0 Å². The molecule has 1 atom stereocenters. The fraction of sp³-hybridized carbons (Fsp3) is 1.00. The van der Waals surface area contributed by atoms with Crippen molar-refractivity contribution in [3.05, 3.63) is 0 Å². The van der Waals surface area contributed by atoms with Crippen LogP contribution >= 0.6 is 0 Å². The highest BCUT2D eigenvalue weighted by atomic mass is 32.2. The molecule has 88 valence electrons. The van der Waals surface area contributed by atoms with Crippen LogP contribution in [0.4, 0.5) is 0 Å². The van der Waals surface area contributed by atoms with E-state index in [1.54, 1.807) is 0 Å². The summed E-state index contributed by atoms with van der Waals surface area (Å²) in [5.41, 5.74) is 0. The molecule has 0 aromatic heterocycles. The van der Waals surface area contributed by atoms with Gasteiger partial charge < -0.3 is 0 Å². The lowest BCUT2D eigenvalue weighted by Crippen LogP contribution is -2.38. The van der Waals surface area contributed by atoms with E-state index < -0.39 is 9.84 Å². The smallest absolute Gasteiger partial charge is 0.151 e. The summed E-state index contributed by atoms with van der Waals surface area (Å²) < 4.78 is 22.8. The van der Waals surface area contributed by atoms with Gasteiger partial charge in [0.25, 0.3) is 0 Å². The summed E-state index contributed by atoms with van der Waals surface area (Å²) >= 11 is 0. The Morgan fingerprint density at radius 3 is 2.07 bits per heavy atom. The Hall–Kier alpha value is -0.0900. The summed E-state index contributed by atoms with van der Waals surface area (Å²) in [5, 5.41) is 0. The summed E-state index contributed by atoms with van der Waals surface area (Å²) in [5.74, 6) is 0.821. The van der Waals surface area contributed by atoms with E-state index in [9.17, 15) is 8.42 Å². The van der Waals surface area contributed by atoms with Crippen molar-refractivity contribution < 1.29 is 8.42 Å². The lowest BCUT2D eigenvalue weighted by molar-refractivity contribution is 0.193. The zero-order valence-electron chi connectivity index (χ0n) is 9.32. The van der Waals surface area contributed by atoms with Gasteiger partial charge in [-0.2, -0.15) is 0 Å². The van der Waals surface area contributed by atoms with Crippen molar-refractivity contribution in [1.82, 2.24) is 4.90 Å². The normalized spacial score (nSPS) is 33.5. The first-order valence-electron chi connectivity index (χ1n) is 6.12. The monoisotopic (exact) mass is 231 g/mol. The molecule has 2 fully saturated rings. The molecule has 0 radical (unpaired) electrons. The van der Waals surface area contributed by atoms with Gasteiger partial charge in [0.05, 0.1) is 11.5 Å². The fourth-order valence-electron chi connectivity index (χ4n) is 2.70. The summed E-state index contributed by atoms with van der Waals surface area (Å²) in [4.78, 5) is 2.42. The molecule has 0 N–H and O–H groups in total. The molecular formula is C11H21NO2S. The highest BCUT2D eigenvalue weighted by Crippen LogP contribution is 2.20. The molecule has 0 saturated carbocycles. The minimum atomic E-state index is -2.71. The van der Waals surface area contributed by atoms with E-state index in [1.807, 2.05) is 0 Å². The van der Waals surface area contributed by atoms with Crippen LogP contribution in [0, 0.1) is 0 Å². The molecule has 0 aromatic carbocycles. The molecule has 2 heterocycles. The highest BCUT2D eigenvalue weighted by molar-refractivity contribution is 7.91. The number of sulfone groups is 1. The van der Waals surface area contributed by atoms with Crippen LogP contribution in [-0.4, -0.2) is 44.0 Å². The van der Waals surface area contributed by atoms with E-state index in [0.717, 1.165) is 19.5 Å². The van der Waals surface area contributed by atoms with Gasteiger partial charge in [-0.25, -0.2) is 8.42 Å². The molecule has 2 aliphatic rings. The molecule has 2 aliphatic heterocycles. The third-order valence-corrected chi connectivity index (χ3v) is 5.37. The molecule has 4 heteroatoms. The minimum Gasteiger partial charge on any atom is -0.299 e. The van der Waals surface area contributed by atoms with Crippen molar-refractivity contribution >= 4 is 9.84 Å². The largest absolute Gasteiger partial charge is 0.299 e. The van der Waals surface area contributed by atoms with Crippen molar-refractivity contribution in [2.45, 2.75) is 44.6 Å². The van der Waals surface area contributed by atoms with Crippen LogP contribution in [0.1, 0.15) is 38.5 Å². The Labute approximate surface area is 92.8 Å². The van der Waals surface area contributed by atoms with E-state index in [0.29, 0.717) is 17.5 Å². The summed E-state index contributed by atoms with van der Waals surface area (Å²) in [7, 11) is -2.71. The maximum absolute atomic E-state index is 11.4. The van der Waals surface area contributed by atoms with Crippen LogP contribution < -0.4 is 0 Å². The van der Waals surface area contributed by atoms with Gasteiger partial charge in [-0.05, 0) is 32.4 Å². The summed E-state index contributed by atoms with van der Waals surface area (Å²) in [6.45, 7) is 2.22. The maximum Gasteiger partial charge on any atom is 0.151 e. The van der Waals surface area contributed by atoms with Gasteiger partial charge in [-0.3, -0.25) is 4.90 Å². The molecule has 15 heavy (non-hydrogen) atoms. The van der Waals surface area contributed by atoms with Gasteiger partial charge in [0.15, 0.2) is 9.84 Å². The zero-order chi connectivity index (χ0) is 10.7. The third-order valence-electron chi connectivity index (χ3n) is 3.62. The van der Waals surface area contributed by atoms with Crippen molar-refractivity contribution in [2.75, 3.05) is 24.6 Å². The lowest BCUT2D eigenvalue weighted by atomic mass is 10.1. The average Bonchev–Trinajstić information content (AvgIpc) is 2.45. The van der Waals surface area contributed by atoms with Crippen LogP contribution in [0.15, 0.2) is 0 Å². The van der Waals surface area contributed by atoms with Crippen molar-refractivity contribution in [3.8, 4) is 0 Å². The van der Waals surface area contributed by atoms with Crippen molar-refractivity contribution in [2.24, 2.45) is 0 Å². The second-order valence-corrected chi connectivity index (χ2v) is 7.09. The molecule has 0 bridgehead atoms. The van der Waals surface area contributed by atoms with Crippen LogP contribution in [-0.2, 0) is 9.84 Å². The number of hydrogen-bond acceptors (Lipinski definition) is 3. The van der Waals surface area contributed by atoms with Gasteiger partial charge >= 0.3 is 0 Å². The first-order chi connectivity index (χ1) is 7.17. The van der Waals surface area contributed by atoms with Crippen molar-refractivity contribution in [3.63, 3.8) is 0 Å². The van der Waals surface area contributed by atoms with E-state index in [-0.39, 0.29) is 0 Å². The molecule has 0 spiro atoms. The molecular weight excluding hydrogens is 210 g/mol.